The fraction of sp³-hybridized carbons (Fsp3) is 0.143. The molecule has 0 atom stereocenters. The molecule has 0 bridgehead atoms. The fourth-order valence-electron chi connectivity index (χ4n) is 2.51. The van der Waals surface area contributed by atoms with Crippen LogP contribution in [0, 0.1) is 25.2 Å². The fourth-order valence-corrected chi connectivity index (χ4v) is 3.31. The molecule has 124 valence electrons. The van der Waals surface area contributed by atoms with Crippen molar-refractivity contribution in [2.45, 2.75) is 13.8 Å². The van der Waals surface area contributed by atoms with E-state index in [2.05, 4.69) is 43.1 Å². The number of allylic oxidation sites excluding steroid dienone is 1. The summed E-state index contributed by atoms with van der Waals surface area (Å²) in [5.74, 6) is 0.737. The van der Waals surface area contributed by atoms with Gasteiger partial charge in [0.2, 0.25) is 0 Å². The Morgan fingerprint density at radius 1 is 1.16 bits per heavy atom. The van der Waals surface area contributed by atoms with Gasteiger partial charge in [0.25, 0.3) is 0 Å². The minimum absolute atomic E-state index is 0.532. The average molecular weight is 346 g/mol. The summed E-state index contributed by atoms with van der Waals surface area (Å²) in [6, 6.07) is 16.2. The summed E-state index contributed by atoms with van der Waals surface area (Å²) < 4.78 is 5.35. The smallest absolute Gasteiger partial charge is 0.134 e. The molecule has 2 aromatic carbocycles. The highest BCUT2D eigenvalue weighted by atomic mass is 32.1. The molecule has 3 nitrogen and oxygen atoms in total. The Morgan fingerprint density at radius 3 is 2.68 bits per heavy atom. The lowest BCUT2D eigenvalue weighted by Gasteiger charge is -2.04. The van der Waals surface area contributed by atoms with Gasteiger partial charge in [0.15, 0.2) is 0 Å². The van der Waals surface area contributed by atoms with E-state index in [0.29, 0.717) is 10.6 Å². The lowest BCUT2D eigenvalue weighted by atomic mass is 10.1. The van der Waals surface area contributed by atoms with Gasteiger partial charge in [-0.2, -0.15) is 5.26 Å². The van der Waals surface area contributed by atoms with Gasteiger partial charge in [-0.1, -0.05) is 30.3 Å². The summed E-state index contributed by atoms with van der Waals surface area (Å²) in [7, 11) is 1.62. The van der Waals surface area contributed by atoms with E-state index in [0.717, 1.165) is 22.6 Å². The molecule has 25 heavy (non-hydrogen) atoms. The van der Waals surface area contributed by atoms with Crippen molar-refractivity contribution in [3.8, 4) is 23.1 Å². The SMILES string of the molecule is COc1ccccc1/C=C(\C#N)c1nc(-c2ccc(C)c(C)c2)cs1. The molecule has 0 aliphatic carbocycles. The van der Waals surface area contributed by atoms with Gasteiger partial charge in [-0.3, -0.25) is 0 Å². The highest BCUT2D eigenvalue weighted by Gasteiger charge is 2.11. The van der Waals surface area contributed by atoms with Crippen molar-refractivity contribution >= 4 is 23.0 Å². The zero-order valence-corrected chi connectivity index (χ0v) is 15.2. The molecule has 1 aromatic heterocycles. The summed E-state index contributed by atoms with van der Waals surface area (Å²) in [6.07, 6.45) is 1.82. The second-order valence-electron chi connectivity index (χ2n) is 5.75. The number of para-hydroxylation sites is 1. The van der Waals surface area contributed by atoms with Crippen molar-refractivity contribution in [2.75, 3.05) is 7.11 Å². The minimum Gasteiger partial charge on any atom is -0.496 e. The quantitative estimate of drug-likeness (QED) is 0.586. The van der Waals surface area contributed by atoms with Crippen LogP contribution in [0.15, 0.2) is 47.8 Å². The second kappa shape index (κ2) is 7.33. The van der Waals surface area contributed by atoms with Crippen molar-refractivity contribution in [1.29, 1.82) is 5.26 Å². The first-order valence-electron chi connectivity index (χ1n) is 7.90. The van der Waals surface area contributed by atoms with E-state index in [1.54, 1.807) is 7.11 Å². The Kier molecular flexibility index (Phi) is 4.97. The summed E-state index contributed by atoms with van der Waals surface area (Å²) in [5.41, 5.74) is 5.85. The zero-order chi connectivity index (χ0) is 17.8. The maximum absolute atomic E-state index is 9.57. The van der Waals surface area contributed by atoms with E-state index in [1.807, 2.05) is 35.7 Å². The van der Waals surface area contributed by atoms with Crippen molar-refractivity contribution < 1.29 is 4.74 Å². The molecule has 0 radical (unpaired) electrons. The third kappa shape index (κ3) is 3.62. The molecule has 3 rings (SSSR count). The van der Waals surface area contributed by atoms with Crippen molar-refractivity contribution in [1.82, 2.24) is 4.98 Å². The number of ether oxygens (including phenoxy) is 1. The number of rotatable bonds is 4. The maximum Gasteiger partial charge on any atom is 0.134 e. The summed E-state index contributed by atoms with van der Waals surface area (Å²) in [6.45, 7) is 4.18. The predicted molar refractivity (Wildman–Crippen MR) is 104 cm³/mol. The first-order valence-corrected chi connectivity index (χ1v) is 8.78. The van der Waals surface area contributed by atoms with Crippen LogP contribution in [0.25, 0.3) is 22.9 Å². The molecule has 0 aliphatic heterocycles. The Balaban J connectivity index is 1.98. The number of thiazole rings is 1. The monoisotopic (exact) mass is 346 g/mol. The van der Waals surface area contributed by atoms with Crippen molar-refractivity contribution in [3.05, 3.63) is 69.5 Å². The molecular formula is C21H18N2OS. The molecular weight excluding hydrogens is 328 g/mol. The van der Waals surface area contributed by atoms with Crippen LogP contribution in [-0.2, 0) is 0 Å². The number of nitriles is 1. The molecule has 4 heteroatoms. The summed E-state index contributed by atoms with van der Waals surface area (Å²) in [4.78, 5) is 4.66. The van der Waals surface area contributed by atoms with Crippen LogP contribution in [0.4, 0.5) is 0 Å². The first kappa shape index (κ1) is 16.9. The van der Waals surface area contributed by atoms with Crippen LogP contribution < -0.4 is 4.74 Å². The number of methoxy groups -OCH3 is 1. The van der Waals surface area contributed by atoms with Crippen LogP contribution >= 0.6 is 11.3 Å². The van der Waals surface area contributed by atoms with Crippen LogP contribution in [0.1, 0.15) is 21.7 Å². The van der Waals surface area contributed by atoms with Gasteiger partial charge < -0.3 is 4.74 Å². The van der Waals surface area contributed by atoms with Crippen LogP contribution in [0.3, 0.4) is 0 Å². The predicted octanol–water partition coefficient (Wildman–Crippen LogP) is 5.50. The molecule has 0 fully saturated rings. The van der Waals surface area contributed by atoms with Gasteiger partial charge in [-0.25, -0.2) is 4.98 Å². The average Bonchev–Trinajstić information content (AvgIpc) is 3.12. The summed E-state index contributed by atoms with van der Waals surface area (Å²) in [5, 5.41) is 12.3. The third-order valence-electron chi connectivity index (χ3n) is 4.10. The molecule has 0 saturated heterocycles. The number of hydrogen-bond donors (Lipinski definition) is 0. The Bertz CT molecular complexity index is 980. The van der Waals surface area contributed by atoms with Gasteiger partial charge in [0.1, 0.15) is 16.8 Å². The van der Waals surface area contributed by atoms with E-state index in [4.69, 9.17) is 4.74 Å². The topological polar surface area (TPSA) is 45.9 Å². The number of nitrogens with zero attached hydrogens (tertiary/aromatic N) is 2. The highest BCUT2D eigenvalue weighted by Crippen LogP contribution is 2.29. The normalized spacial score (nSPS) is 11.2. The number of aryl methyl sites for hydroxylation is 2. The first-order chi connectivity index (χ1) is 12.1. The van der Waals surface area contributed by atoms with Gasteiger partial charge >= 0.3 is 0 Å². The zero-order valence-electron chi connectivity index (χ0n) is 14.4. The second-order valence-corrected chi connectivity index (χ2v) is 6.61. The molecule has 3 aromatic rings. The van der Waals surface area contributed by atoms with Gasteiger partial charge in [-0.05, 0) is 43.2 Å². The van der Waals surface area contributed by atoms with Crippen molar-refractivity contribution in [2.24, 2.45) is 0 Å². The molecule has 0 N–H and O–H groups in total. The van der Waals surface area contributed by atoms with Crippen LogP contribution in [0.5, 0.6) is 5.75 Å². The molecule has 0 aliphatic rings. The third-order valence-corrected chi connectivity index (χ3v) is 4.97. The minimum atomic E-state index is 0.532. The summed E-state index contributed by atoms with van der Waals surface area (Å²) >= 11 is 1.48. The van der Waals surface area contributed by atoms with Crippen LogP contribution in [-0.4, -0.2) is 12.1 Å². The lowest BCUT2D eigenvalue weighted by Crippen LogP contribution is -1.88. The van der Waals surface area contributed by atoms with Crippen molar-refractivity contribution in [3.63, 3.8) is 0 Å². The van der Waals surface area contributed by atoms with Gasteiger partial charge in [0.05, 0.1) is 18.4 Å². The maximum atomic E-state index is 9.57. The number of benzene rings is 2. The van der Waals surface area contributed by atoms with Gasteiger partial charge in [-0.15, -0.1) is 11.3 Å². The Morgan fingerprint density at radius 2 is 1.96 bits per heavy atom. The lowest BCUT2D eigenvalue weighted by molar-refractivity contribution is 0.414. The van der Waals surface area contributed by atoms with E-state index in [9.17, 15) is 5.26 Å². The van der Waals surface area contributed by atoms with E-state index < -0.39 is 0 Å². The molecule has 1 heterocycles. The van der Waals surface area contributed by atoms with E-state index in [-0.39, 0.29) is 0 Å². The molecule has 0 unspecified atom stereocenters. The standard InChI is InChI=1S/C21H18N2OS/c1-14-8-9-16(10-15(14)2)19-13-25-21(23-19)18(12-22)11-17-6-4-5-7-20(17)24-3/h4-11,13H,1-3H3/b18-11+. The molecule has 0 saturated carbocycles. The largest absolute Gasteiger partial charge is 0.496 e. The molecule has 0 amide bonds. The molecule has 0 spiro atoms. The Hall–Kier alpha value is -2.90. The number of hydrogen-bond acceptors (Lipinski definition) is 4. The van der Waals surface area contributed by atoms with Gasteiger partial charge in [0, 0.05) is 16.5 Å². The van der Waals surface area contributed by atoms with E-state index in [1.165, 1.54) is 22.5 Å². The van der Waals surface area contributed by atoms with E-state index >= 15 is 0 Å². The highest BCUT2D eigenvalue weighted by molar-refractivity contribution is 7.11. The Labute approximate surface area is 151 Å². The number of aromatic nitrogens is 1. The van der Waals surface area contributed by atoms with Crippen LogP contribution in [0.2, 0.25) is 0 Å².